The fraction of sp³-hybridized carbons (Fsp3) is 0.417. The Morgan fingerprint density at radius 3 is 3.12 bits per heavy atom. The molecule has 0 aromatic heterocycles. The molecule has 0 radical (unpaired) electrons. The summed E-state index contributed by atoms with van der Waals surface area (Å²) in [7, 11) is 0. The maximum Gasteiger partial charge on any atom is 0.220 e. The van der Waals surface area contributed by atoms with Crippen LogP contribution in [0.1, 0.15) is 17.9 Å². The lowest BCUT2D eigenvalue weighted by atomic mass is 9.98. The van der Waals surface area contributed by atoms with Crippen molar-refractivity contribution >= 4 is 11.6 Å². The predicted molar refractivity (Wildman–Crippen MR) is 62.4 cm³/mol. The van der Waals surface area contributed by atoms with Gasteiger partial charge in [0.2, 0.25) is 5.91 Å². The normalized spacial score (nSPS) is 17.7. The zero-order valence-electron chi connectivity index (χ0n) is 9.07. The van der Waals surface area contributed by atoms with Crippen molar-refractivity contribution in [1.29, 1.82) is 0 Å². The van der Waals surface area contributed by atoms with Gasteiger partial charge in [-0.15, -0.1) is 0 Å². The molecule has 1 unspecified atom stereocenters. The monoisotopic (exact) mass is 220 g/mol. The van der Waals surface area contributed by atoms with Gasteiger partial charge >= 0.3 is 0 Å². The topological polar surface area (TPSA) is 61.4 Å². The van der Waals surface area contributed by atoms with Crippen molar-refractivity contribution in [3.8, 4) is 0 Å². The minimum atomic E-state index is -0.00869. The van der Waals surface area contributed by atoms with E-state index < -0.39 is 0 Å². The molecule has 1 aromatic rings. The first kappa shape index (κ1) is 11.0. The number of aliphatic hydroxyl groups excluding tert-OH is 1. The summed E-state index contributed by atoms with van der Waals surface area (Å²) in [5.74, 6) is 0.243. The maximum absolute atomic E-state index is 11.5. The summed E-state index contributed by atoms with van der Waals surface area (Å²) in [5.41, 5.74) is 2.34. The molecule has 3 N–H and O–H groups in total. The average molecular weight is 220 g/mol. The minimum absolute atomic E-state index is 0.00227. The third kappa shape index (κ3) is 2.33. The van der Waals surface area contributed by atoms with Crippen LogP contribution in [0.25, 0.3) is 0 Å². The van der Waals surface area contributed by atoms with Gasteiger partial charge in [0, 0.05) is 31.1 Å². The zero-order chi connectivity index (χ0) is 11.4. The number of anilines is 1. The molecule has 0 spiro atoms. The van der Waals surface area contributed by atoms with Gasteiger partial charge in [-0.3, -0.25) is 4.79 Å². The van der Waals surface area contributed by atoms with Crippen molar-refractivity contribution < 1.29 is 9.90 Å². The summed E-state index contributed by atoms with van der Waals surface area (Å²) in [6, 6.07) is 8.06. The van der Waals surface area contributed by atoms with Crippen LogP contribution in [0.4, 0.5) is 5.69 Å². The Balaban J connectivity index is 1.95. The summed E-state index contributed by atoms with van der Waals surface area (Å²) in [6.45, 7) is 1.14. The molecule has 1 amide bonds. The number of carbonyl (C=O) groups excluding carboxylic acids is 1. The molecule has 0 aliphatic carbocycles. The van der Waals surface area contributed by atoms with E-state index in [9.17, 15) is 4.79 Å². The predicted octanol–water partition coefficient (Wildman–Crippen LogP) is 0.694. The van der Waals surface area contributed by atoms with E-state index in [1.165, 1.54) is 5.56 Å². The second-order valence-corrected chi connectivity index (χ2v) is 3.94. The van der Waals surface area contributed by atoms with Gasteiger partial charge < -0.3 is 15.7 Å². The van der Waals surface area contributed by atoms with E-state index in [0.717, 1.165) is 12.2 Å². The van der Waals surface area contributed by atoms with Crippen LogP contribution in [0.15, 0.2) is 24.3 Å². The van der Waals surface area contributed by atoms with Crippen LogP contribution in [0, 0.1) is 0 Å². The van der Waals surface area contributed by atoms with Crippen molar-refractivity contribution in [2.24, 2.45) is 0 Å². The van der Waals surface area contributed by atoms with Gasteiger partial charge in [0.25, 0.3) is 0 Å². The molecule has 1 atom stereocenters. The molecule has 1 aromatic carbocycles. The molecule has 1 aliphatic rings. The van der Waals surface area contributed by atoms with Crippen LogP contribution in [-0.4, -0.2) is 30.7 Å². The van der Waals surface area contributed by atoms with E-state index in [4.69, 9.17) is 5.11 Å². The van der Waals surface area contributed by atoms with Crippen LogP contribution in [-0.2, 0) is 4.79 Å². The highest BCUT2D eigenvalue weighted by Gasteiger charge is 2.23. The fourth-order valence-corrected chi connectivity index (χ4v) is 2.03. The molecule has 4 heteroatoms. The number of nitrogens with one attached hydrogen (secondary N) is 2. The molecule has 2 rings (SSSR count). The summed E-state index contributed by atoms with van der Waals surface area (Å²) >= 11 is 0. The minimum Gasteiger partial charge on any atom is -0.395 e. The van der Waals surface area contributed by atoms with Crippen molar-refractivity contribution in [1.82, 2.24) is 5.32 Å². The number of fused-ring (bicyclic) bond motifs is 1. The van der Waals surface area contributed by atoms with E-state index in [-0.39, 0.29) is 18.4 Å². The molecule has 0 bridgehead atoms. The largest absolute Gasteiger partial charge is 0.395 e. The molecule has 1 aliphatic heterocycles. The van der Waals surface area contributed by atoms with Gasteiger partial charge in [-0.2, -0.15) is 0 Å². The second kappa shape index (κ2) is 4.99. The highest BCUT2D eigenvalue weighted by atomic mass is 16.3. The van der Waals surface area contributed by atoms with E-state index >= 15 is 0 Å². The van der Waals surface area contributed by atoms with Gasteiger partial charge in [-0.1, -0.05) is 18.2 Å². The quantitative estimate of drug-likeness (QED) is 0.699. The Hall–Kier alpha value is -1.55. The third-order valence-corrected chi connectivity index (χ3v) is 2.81. The van der Waals surface area contributed by atoms with Gasteiger partial charge in [0.05, 0.1) is 6.61 Å². The number of carbonyl (C=O) groups is 1. The molecule has 4 nitrogen and oxygen atoms in total. The summed E-state index contributed by atoms with van der Waals surface area (Å²) in [4.78, 5) is 11.5. The second-order valence-electron chi connectivity index (χ2n) is 3.94. The Morgan fingerprint density at radius 2 is 2.31 bits per heavy atom. The number of rotatable bonds is 4. The van der Waals surface area contributed by atoms with Crippen LogP contribution in [0.5, 0.6) is 0 Å². The first-order valence-corrected chi connectivity index (χ1v) is 5.51. The molecule has 0 saturated heterocycles. The Morgan fingerprint density at radius 1 is 1.50 bits per heavy atom. The number of hydrogen-bond donors (Lipinski definition) is 3. The Bertz CT molecular complexity index is 379. The Labute approximate surface area is 94.7 Å². The van der Waals surface area contributed by atoms with E-state index in [1.807, 2.05) is 18.2 Å². The molecular weight excluding hydrogens is 204 g/mol. The smallest absolute Gasteiger partial charge is 0.220 e. The van der Waals surface area contributed by atoms with E-state index in [2.05, 4.69) is 16.7 Å². The standard InChI is InChI=1S/C12H16N2O2/c15-6-5-13-12(16)7-9-8-14-11-4-2-1-3-10(9)11/h1-4,9,14-15H,5-8H2,(H,13,16). The van der Waals surface area contributed by atoms with Gasteiger partial charge in [-0.25, -0.2) is 0 Å². The maximum atomic E-state index is 11.5. The summed E-state index contributed by atoms with van der Waals surface area (Å²) in [5, 5.41) is 14.6. The van der Waals surface area contributed by atoms with Gasteiger partial charge in [0.1, 0.15) is 0 Å². The van der Waals surface area contributed by atoms with Gasteiger partial charge in [0.15, 0.2) is 0 Å². The molecule has 0 saturated carbocycles. The molecule has 16 heavy (non-hydrogen) atoms. The van der Waals surface area contributed by atoms with Crippen LogP contribution < -0.4 is 10.6 Å². The lowest BCUT2D eigenvalue weighted by Crippen LogP contribution is -2.28. The summed E-state index contributed by atoms with van der Waals surface area (Å²) < 4.78 is 0. The lowest BCUT2D eigenvalue weighted by molar-refractivity contribution is -0.121. The van der Waals surface area contributed by atoms with E-state index in [1.54, 1.807) is 0 Å². The molecule has 1 heterocycles. The first-order chi connectivity index (χ1) is 7.81. The highest BCUT2D eigenvalue weighted by Crippen LogP contribution is 2.32. The average Bonchev–Trinajstić information content (AvgIpc) is 2.70. The molecule has 86 valence electrons. The first-order valence-electron chi connectivity index (χ1n) is 5.51. The van der Waals surface area contributed by atoms with Crippen molar-refractivity contribution in [3.63, 3.8) is 0 Å². The number of para-hydroxylation sites is 1. The van der Waals surface area contributed by atoms with Crippen LogP contribution in [0.2, 0.25) is 0 Å². The SMILES string of the molecule is O=C(CC1CNc2ccccc21)NCCO. The van der Waals surface area contributed by atoms with Crippen molar-refractivity contribution in [2.45, 2.75) is 12.3 Å². The van der Waals surface area contributed by atoms with Crippen LogP contribution >= 0.6 is 0 Å². The third-order valence-electron chi connectivity index (χ3n) is 2.81. The number of aliphatic hydroxyl groups is 1. The number of benzene rings is 1. The molecular formula is C12H16N2O2. The fourth-order valence-electron chi connectivity index (χ4n) is 2.03. The van der Waals surface area contributed by atoms with Crippen molar-refractivity contribution in [2.75, 3.05) is 25.0 Å². The molecule has 0 fully saturated rings. The van der Waals surface area contributed by atoms with Crippen molar-refractivity contribution in [3.05, 3.63) is 29.8 Å². The van der Waals surface area contributed by atoms with E-state index in [0.29, 0.717) is 13.0 Å². The van der Waals surface area contributed by atoms with Crippen LogP contribution in [0.3, 0.4) is 0 Å². The zero-order valence-corrected chi connectivity index (χ0v) is 9.07. The lowest BCUT2D eigenvalue weighted by Gasteiger charge is -2.09. The highest BCUT2D eigenvalue weighted by molar-refractivity contribution is 5.78. The van der Waals surface area contributed by atoms with Gasteiger partial charge in [-0.05, 0) is 11.6 Å². The number of amides is 1. The summed E-state index contributed by atoms with van der Waals surface area (Å²) in [6.07, 6.45) is 0.476. The number of hydrogen-bond acceptors (Lipinski definition) is 3. The Kier molecular flexibility index (Phi) is 3.41.